The Labute approximate surface area is 104 Å². The lowest BCUT2D eigenvalue weighted by Crippen LogP contribution is -2.30. The number of carbonyl (C=O) groups is 1. The molecule has 2 unspecified atom stereocenters. The molecule has 0 amide bonds. The molecule has 0 radical (unpaired) electrons. The molecule has 0 N–H and O–H groups in total. The highest BCUT2D eigenvalue weighted by Crippen LogP contribution is 2.37. The van der Waals surface area contributed by atoms with E-state index in [0.717, 1.165) is 25.7 Å². The van der Waals surface area contributed by atoms with Gasteiger partial charge in [0.2, 0.25) is 0 Å². The third kappa shape index (κ3) is 4.38. The summed E-state index contributed by atoms with van der Waals surface area (Å²) in [6.45, 7) is 7.59. The molecule has 0 saturated heterocycles. The van der Waals surface area contributed by atoms with Crippen LogP contribution in [0.2, 0.25) is 0 Å². The Hall–Kier alpha value is -1.04. The molecule has 3 nitrogen and oxygen atoms in total. The van der Waals surface area contributed by atoms with Gasteiger partial charge in [0.1, 0.15) is 5.60 Å². The molecule has 0 aromatic carbocycles. The first-order chi connectivity index (χ1) is 7.76. The summed E-state index contributed by atoms with van der Waals surface area (Å²) in [5.41, 5.74) is -0.801. The topological polar surface area (TPSA) is 50.1 Å². The Morgan fingerprint density at radius 1 is 1.41 bits per heavy atom. The van der Waals surface area contributed by atoms with Crippen LogP contribution < -0.4 is 0 Å². The number of hydrogen-bond acceptors (Lipinski definition) is 3. The van der Waals surface area contributed by atoms with Crippen LogP contribution in [0.25, 0.3) is 0 Å². The van der Waals surface area contributed by atoms with Crippen molar-refractivity contribution in [1.29, 1.82) is 5.26 Å². The first-order valence-electron chi connectivity index (χ1n) is 6.40. The SMILES string of the molecule is CC1(C#N)CCCCC(C(=O)OC(C)(C)C)C1. The standard InChI is InChI=1S/C14H23NO2/c1-13(2,3)17-12(16)11-7-5-6-8-14(4,9-11)10-15/h11H,5-9H2,1-4H3. The summed E-state index contributed by atoms with van der Waals surface area (Å²) in [6.07, 6.45) is 4.43. The van der Waals surface area contributed by atoms with Gasteiger partial charge in [0.25, 0.3) is 0 Å². The van der Waals surface area contributed by atoms with Gasteiger partial charge in [0, 0.05) is 0 Å². The van der Waals surface area contributed by atoms with Crippen LogP contribution in [0.1, 0.15) is 59.8 Å². The van der Waals surface area contributed by atoms with Crippen LogP contribution in [0.4, 0.5) is 0 Å². The first-order valence-corrected chi connectivity index (χ1v) is 6.40. The van der Waals surface area contributed by atoms with E-state index >= 15 is 0 Å². The third-order valence-corrected chi connectivity index (χ3v) is 3.24. The molecule has 0 heterocycles. The molecular weight excluding hydrogens is 214 g/mol. The molecular formula is C14H23NO2. The molecule has 17 heavy (non-hydrogen) atoms. The Balaban J connectivity index is 2.70. The van der Waals surface area contributed by atoms with E-state index in [1.807, 2.05) is 27.7 Å². The monoisotopic (exact) mass is 237 g/mol. The maximum Gasteiger partial charge on any atom is 0.309 e. The number of hydrogen-bond donors (Lipinski definition) is 0. The van der Waals surface area contributed by atoms with Crippen molar-refractivity contribution >= 4 is 5.97 Å². The fourth-order valence-electron chi connectivity index (χ4n) is 2.34. The van der Waals surface area contributed by atoms with Crippen LogP contribution in [-0.2, 0) is 9.53 Å². The largest absolute Gasteiger partial charge is 0.460 e. The Morgan fingerprint density at radius 3 is 2.59 bits per heavy atom. The van der Waals surface area contributed by atoms with E-state index in [9.17, 15) is 10.1 Å². The first kappa shape index (κ1) is 14.0. The molecule has 1 aliphatic carbocycles. The predicted octanol–water partition coefficient (Wildman–Crippen LogP) is 3.44. The Kier molecular flexibility index (Phi) is 4.19. The summed E-state index contributed by atoms with van der Waals surface area (Å²) in [5, 5.41) is 9.21. The van der Waals surface area contributed by atoms with E-state index in [4.69, 9.17) is 4.74 Å². The van der Waals surface area contributed by atoms with E-state index in [1.165, 1.54) is 0 Å². The maximum atomic E-state index is 12.0. The number of rotatable bonds is 1. The number of esters is 1. The Morgan fingerprint density at radius 2 is 2.06 bits per heavy atom. The van der Waals surface area contributed by atoms with E-state index in [2.05, 4.69) is 6.07 Å². The summed E-state index contributed by atoms with van der Waals surface area (Å²) >= 11 is 0. The van der Waals surface area contributed by atoms with Gasteiger partial charge in [-0.3, -0.25) is 4.79 Å². The molecule has 1 rings (SSSR count). The van der Waals surface area contributed by atoms with Crippen molar-refractivity contribution in [3.05, 3.63) is 0 Å². The average Bonchev–Trinajstić information content (AvgIpc) is 2.39. The minimum atomic E-state index is -0.438. The zero-order valence-electron chi connectivity index (χ0n) is 11.4. The molecule has 0 bridgehead atoms. The molecule has 1 fully saturated rings. The fourth-order valence-corrected chi connectivity index (χ4v) is 2.34. The van der Waals surface area contributed by atoms with E-state index in [-0.39, 0.29) is 17.3 Å². The Bertz CT molecular complexity index is 324. The van der Waals surface area contributed by atoms with Gasteiger partial charge < -0.3 is 4.74 Å². The number of ether oxygens (including phenoxy) is 1. The molecule has 0 aliphatic heterocycles. The van der Waals surface area contributed by atoms with Gasteiger partial charge in [-0.05, 0) is 47.0 Å². The van der Waals surface area contributed by atoms with Gasteiger partial charge >= 0.3 is 5.97 Å². The quantitative estimate of drug-likeness (QED) is 0.518. The second-order valence-corrected chi connectivity index (χ2v) is 6.35. The molecule has 2 atom stereocenters. The van der Waals surface area contributed by atoms with E-state index in [0.29, 0.717) is 6.42 Å². The van der Waals surface area contributed by atoms with Gasteiger partial charge in [0.05, 0.1) is 17.4 Å². The van der Waals surface area contributed by atoms with Gasteiger partial charge in [-0.25, -0.2) is 0 Å². The molecule has 1 aliphatic rings. The highest BCUT2D eigenvalue weighted by molar-refractivity contribution is 5.73. The van der Waals surface area contributed by atoms with E-state index < -0.39 is 5.60 Å². The lowest BCUT2D eigenvalue weighted by molar-refractivity contribution is -0.161. The van der Waals surface area contributed by atoms with Crippen LogP contribution in [0.5, 0.6) is 0 Å². The number of nitriles is 1. The zero-order valence-corrected chi connectivity index (χ0v) is 11.4. The van der Waals surface area contributed by atoms with Crippen molar-refractivity contribution in [2.45, 2.75) is 65.4 Å². The van der Waals surface area contributed by atoms with Crippen LogP contribution >= 0.6 is 0 Å². The fraction of sp³-hybridized carbons (Fsp3) is 0.857. The highest BCUT2D eigenvalue weighted by Gasteiger charge is 2.35. The summed E-state index contributed by atoms with van der Waals surface area (Å²) < 4.78 is 5.42. The molecule has 0 spiro atoms. The smallest absolute Gasteiger partial charge is 0.309 e. The van der Waals surface area contributed by atoms with Crippen LogP contribution in [0, 0.1) is 22.7 Å². The van der Waals surface area contributed by atoms with Gasteiger partial charge in [-0.2, -0.15) is 5.26 Å². The van der Waals surface area contributed by atoms with Crippen LogP contribution in [-0.4, -0.2) is 11.6 Å². The van der Waals surface area contributed by atoms with Gasteiger partial charge in [-0.1, -0.05) is 12.8 Å². The summed E-state index contributed by atoms with van der Waals surface area (Å²) in [7, 11) is 0. The summed E-state index contributed by atoms with van der Waals surface area (Å²) in [5.74, 6) is -0.248. The lowest BCUT2D eigenvalue weighted by Gasteiger charge is -2.26. The van der Waals surface area contributed by atoms with Crippen LogP contribution in [0.15, 0.2) is 0 Å². The average molecular weight is 237 g/mol. The minimum Gasteiger partial charge on any atom is -0.460 e. The van der Waals surface area contributed by atoms with Crippen molar-refractivity contribution in [2.75, 3.05) is 0 Å². The van der Waals surface area contributed by atoms with E-state index in [1.54, 1.807) is 0 Å². The van der Waals surface area contributed by atoms with Gasteiger partial charge in [-0.15, -0.1) is 0 Å². The summed E-state index contributed by atoms with van der Waals surface area (Å²) in [4.78, 5) is 12.0. The predicted molar refractivity (Wildman–Crippen MR) is 66.1 cm³/mol. The molecule has 0 aromatic rings. The second-order valence-electron chi connectivity index (χ2n) is 6.35. The molecule has 96 valence electrons. The van der Waals surface area contributed by atoms with Crippen molar-refractivity contribution < 1.29 is 9.53 Å². The molecule has 0 aromatic heterocycles. The maximum absolute atomic E-state index is 12.0. The molecule has 1 saturated carbocycles. The number of carbonyl (C=O) groups excluding carboxylic acids is 1. The van der Waals surface area contributed by atoms with Crippen molar-refractivity contribution in [3.8, 4) is 6.07 Å². The highest BCUT2D eigenvalue weighted by atomic mass is 16.6. The minimum absolute atomic E-state index is 0.110. The normalized spacial score (nSPS) is 30.2. The van der Waals surface area contributed by atoms with Gasteiger partial charge in [0.15, 0.2) is 0 Å². The third-order valence-electron chi connectivity index (χ3n) is 3.24. The van der Waals surface area contributed by atoms with Crippen molar-refractivity contribution in [2.24, 2.45) is 11.3 Å². The van der Waals surface area contributed by atoms with Crippen molar-refractivity contribution in [1.82, 2.24) is 0 Å². The number of nitrogens with zero attached hydrogens (tertiary/aromatic N) is 1. The summed E-state index contributed by atoms with van der Waals surface area (Å²) in [6, 6.07) is 2.36. The second kappa shape index (κ2) is 5.08. The lowest BCUT2D eigenvalue weighted by atomic mass is 9.80. The molecule has 3 heteroatoms. The zero-order chi connectivity index (χ0) is 13.1. The van der Waals surface area contributed by atoms with Crippen molar-refractivity contribution in [3.63, 3.8) is 0 Å². The van der Waals surface area contributed by atoms with Crippen LogP contribution in [0.3, 0.4) is 0 Å².